The molecule has 1 aromatic rings. The summed E-state index contributed by atoms with van der Waals surface area (Å²) in [6, 6.07) is 3.39. The van der Waals surface area contributed by atoms with E-state index in [0.29, 0.717) is 18.8 Å². The van der Waals surface area contributed by atoms with E-state index in [9.17, 15) is 18.0 Å². The van der Waals surface area contributed by atoms with E-state index in [1.54, 1.807) is 0 Å². The quantitative estimate of drug-likeness (QED) is 0.764. The minimum absolute atomic E-state index is 0.134. The van der Waals surface area contributed by atoms with Crippen molar-refractivity contribution in [2.24, 2.45) is 0 Å². The van der Waals surface area contributed by atoms with Crippen LogP contribution in [0.5, 0.6) is 11.5 Å². The van der Waals surface area contributed by atoms with Crippen LogP contribution >= 0.6 is 0 Å². The zero-order valence-corrected chi connectivity index (χ0v) is 10.0. The van der Waals surface area contributed by atoms with Gasteiger partial charge in [0.15, 0.2) is 11.5 Å². The lowest BCUT2D eigenvalue weighted by Crippen LogP contribution is -2.22. The van der Waals surface area contributed by atoms with E-state index in [0.717, 1.165) is 12.1 Å². The summed E-state index contributed by atoms with van der Waals surface area (Å²) in [6.45, 7) is 2.19. The zero-order valence-electron chi connectivity index (χ0n) is 10.0. The average molecular weight is 262 g/mol. The molecular weight excluding hydrogens is 249 g/mol. The van der Waals surface area contributed by atoms with Crippen LogP contribution in [-0.2, 0) is 0 Å². The lowest BCUT2D eigenvalue weighted by Gasteiger charge is -2.12. The van der Waals surface area contributed by atoms with Gasteiger partial charge in [-0.1, -0.05) is 6.92 Å². The molecule has 0 amide bonds. The van der Waals surface area contributed by atoms with Crippen molar-refractivity contribution < 1.29 is 27.4 Å². The first-order valence-electron chi connectivity index (χ1n) is 5.32. The fourth-order valence-corrected chi connectivity index (χ4v) is 1.31. The number of alkyl halides is 3. The molecule has 0 aliphatic heterocycles. The first-order chi connectivity index (χ1) is 8.40. The highest BCUT2D eigenvalue weighted by molar-refractivity contribution is 6.00. The number of hydrogen-bond acceptors (Lipinski definition) is 3. The molecule has 18 heavy (non-hydrogen) atoms. The molecule has 0 saturated heterocycles. The molecule has 3 nitrogen and oxygen atoms in total. The highest BCUT2D eigenvalue weighted by atomic mass is 19.4. The molecule has 100 valence electrons. The number of hydrogen-bond donors (Lipinski definition) is 0. The Balaban J connectivity index is 3.06. The number of carbonyl (C=O) groups is 1. The Morgan fingerprint density at radius 1 is 1.28 bits per heavy atom. The second-order valence-corrected chi connectivity index (χ2v) is 3.54. The third-order valence-electron chi connectivity index (χ3n) is 2.14. The summed E-state index contributed by atoms with van der Waals surface area (Å²) in [6.07, 6.45) is -4.20. The number of benzene rings is 1. The molecule has 0 aromatic heterocycles. The predicted octanol–water partition coefficient (Wildman–Crippen LogP) is 3.23. The summed E-state index contributed by atoms with van der Waals surface area (Å²) >= 11 is 0. The van der Waals surface area contributed by atoms with Gasteiger partial charge in [0, 0.05) is 5.56 Å². The van der Waals surface area contributed by atoms with E-state index in [1.807, 2.05) is 6.92 Å². The molecule has 0 N–H and O–H groups in total. The molecule has 1 aromatic carbocycles. The van der Waals surface area contributed by atoms with Crippen LogP contribution in [0.4, 0.5) is 13.2 Å². The second-order valence-electron chi connectivity index (χ2n) is 3.54. The fourth-order valence-electron chi connectivity index (χ4n) is 1.31. The number of carbonyl (C=O) groups excluding carboxylic acids is 1. The van der Waals surface area contributed by atoms with Gasteiger partial charge in [-0.25, -0.2) is 0 Å². The summed E-state index contributed by atoms with van der Waals surface area (Å²) in [5.41, 5.74) is -0.464. The molecule has 6 heteroatoms. The number of Topliss-reactive ketones (excluding diaryl/α,β-unsaturated/α-hetero) is 1. The molecular formula is C12H13F3O3. The highest BCUT2D eigenvalue weighted by Gasteiger charge is 2.39. The maximum Gasteiger partial charge on any atom is 0.454 e. The molecule has 1 rings (SSSR count). The molecule has 0 radical (unpaired) electrons. The van der Waals surface area contributed by atoms with Crippen LogP contribution in [0.15, 0.2) is 18.2 Å². The molecule has 0 saturated carbocycles. The topological polar surface area (TPSA) is 35.5 Å². The standard InChI is InChI=1S/C12H13F3O3/c1-3-6-18-10-7-8(4-5-9(10)17-2)11(16)12(13,14)15/h4-5,7H,3,6H2,1-2H3. The number of ether oxygens (including phenoxy) is 2. The monoisotopic (exact) mass is 262 g/mol. The van der Waals surface area contributed by atoms with Crippen molar-refractivity contribution in [1.29, 1.82) is 0 Å². The molecule has 0 fully saturated rings. The van der Waals surface area contributed by atoms with Crippen LogP contribution in [0.1, 0.15) is 23.7 Å². The Labute approximate surface area is 103 Å². The Bertz CT molecular complexity index is 427. The van der Waals surface area contributed by atoms with Crippen molar-refractivity contribution in [2.75, 3.05) is 13.7 Å². The van der Waals surface area contributed by atoms with Gasteiger partial charge in [0.25, 0.3) is 5.78 Å². The SMILES string of the molecule is CCCOc1cc(C(=O)C(F)(F)F)ccc1OC. The molecule has 0 spiro atoms. The fraction of sp³-hybridized carbons (Fsp3) is 0.417. The van der Waals surface area contributed by atoms with E-state index in [4.69, 9.17) is 9.47 Å². The van der Waals surface area contributed by atoms with E-state index in [1.165, 1.54) is 13.2 Å². The third kappa shape index (κ3) is 3.38. The van der Waals surface area contributed by atoms with Gasteiger partial charge < -0.3 is 9.47 Å². The van der Waals surface area contributed by atoms with Crippen molar-refractivity contribution in [3.05, 3.63) is 23.8 Å². The smallest absolute Gasteiger partial charge is 0.454 e. The largest absolute Gasteiger partial charge is 0.493 e. The Hall–Kier alpha value is -1.72. The first kappa shape index (κ1) is 14.3. The normalized spacial score (nSPS) is 11.2. The lowest BCUT2D eigenvalue weighted by molar-refractivity contribution is -0.0885. The number of rotatable bonds is 5. The lowest BCUT2D eigenvalue weighted by atomic mass is 10.1. The number of ketones is 1. The predicted molar refractivity (Wildman–Crippen MR) is 59.2 cm³/mol. The number of halogens is 3. The van der Waals surface area contributed by atoms with Gasteiger partial charge >= 0.3 is 6.18 Å². The molecule has 0 atom stereocenters. The summed E-state index contributed by atoms with van der Waals surface area (Å²) in [5, 5.41) is 0. The van der Waals surface area contributed by atoms with E-state index in [-0.39, 0.29) is 5.75 Å². The Kier molecular flexibility index (Phi) is 4.58. The van der Waals surface area contributed by atoms with E-state index in [2.05, 4.69) is 0 Å². The second kappa shape index (κ2) is 5.75. The van der Waals surface area contributed by atoms with Gasteiger partial charge in [-0.15, -0.1) is 0 Å². The zero-order chi connectivity index (χ0) is 13.8. The first-order valence-corrected chi connectivity index (χ1v) is 5.32. The van der Waals surface area contributed by atoms with Gasteiger partial charge in [-0.2, -0.15) is 13.2 Å². The van der Waals surface area contributed by atoms with Crippen molar-refractivity contribution >= 4 is 5.78 Å². The third-order valence-corrected chi connectivity index (χ3v) is 2.14. The Morgan fingerprint density at radius 2 is 1.94 bits per heavy atom. The highest BCUT2D eigenvalue weighted by Crippen LogP contribution is 2.31. The summed E-state index contributed by atoms with van der Waals surface area (Å²) in [5.74, 6) is -1.47. The van der Waals surface area contributed by atoms with Gasteiger partial charge in [-0.05, 0) is 24.6 Å². The Morgan fingerprint density at radius 3 is 2.44 bits per heavy atom. The molecule has 0 aliphatic rings. The van der Waals surface area contributed by atoms with Crippen LogP contribution < -0.4 is 9.47 Å². The summed E-state index contributed by atoms with van der Waals surface area (Å²) < 4.78 is 47.0. The molecule has 0 heterocycles. The van der Waals surface area contributed by atoms with Gasteiger partial charge in [0.1, 0.15) is 0 Å². The maximum atomic E-state index is 12.3. The van der Waals surface area contributed by atoms with Crippen LogP contribution in [-0.4, -0.2) is 25.7 Å². The van der Waals surface area contributed by atoms with E-state index >= 15 is 0 Å². The summed E-state index contributed by atoms with van der Waals surface area (Å²) in [4.78, 5) is 11.1. The molecule has 0 bridgehead atoms. The van der Waals surface area contributed by atoms with Gasteiger partial charge in [0.2, 0.25) is 0 Å². The van der Waals surface area contributed by atoms with Crippen LogP contribution in [0.25, 0.3) is 0 Å². The molecule has 0 unspecified atom stereocenters. The van der Waals surface area contributed by atoms with Crippen molar-refractivity contribution in [3.8, 4) is 11.5 Å². The van der Waals surface area contributed by atoms with Gasteiger partial charge in [0.05, 0.1) is 13.7 Å². The number of methoxy groups -OCH3 is 1. The van der Waals surface area contributed by atoms with Crippen molar-refractivity contribution in [3.63, 3.8) is 0 Å². The van der Waals surface area contributed by atoms with E-state index < -0.39 is 17.5 Å². The van der Waals surface area contributed by atoms with Crippen LogP contribution in [0.3, 0.4) is 0 Å². The van der Waals surface area contributed by atoms with Crippen LogP contribution in [0.2, 0.25) is 0 Å². The average Bonchev–Trinajstić information content (AvgIpc) is 2.33. The summed E-state index contributed by atoms with van der Waals surface area (Å²) in [7, 11) is 1.37. The van der Waals surface area contributed by atoms with Gasteiger partial charge in [-0.3, -0.25) is 4.79 Å². The van der Waals surface area contributed by atoms with Crippen molar-refractivity contribution in [2.45, 2.75) is 19.5 Å². The maximum absolute atomic E-state index is 12.3. The van der Waals surface area contributed by atoms with Crippen LogP contribution in [0, 0.1) is 0 Å². The minimum Gasteiger partial charge on any atom is -0.493 e. The molecule has 0 aliphatic carbocycles. The minimum atomic E-state index is -4.89. The van der Waals surface area contributed by atoms with Crippen molar-refractivity contribution in [1.82, 2.24) is 0 Å².